The van der Waals surface area contributed by atoms with Gasteiger partial charge in [-0.25, -0.2) is 4.39 Å². The van der Waals surface area contributed by atoms with Crippen LogP contribution in [0.3, 0.4) is 0 Å². The number of benzene rings is 2. The number of hydrogen-bond donors (Lipinski definition) is 0. The molecule has 3 rings (SSSR count). The molecule has 0 aliphatic heterocycles. The van der Waals surface area contributed by atoms with E-state index in [0.29, 0.717) is 11.5 Å². The largest absolute Gasteiger partial charge is 0.461 e. The van der Waals surface area contributed by atoms with E-state index < -0.39 is 28.1 Å². The van der Waals surface area contributed by atoms with E-state index in [2.05, 4.69) is 0 Å². The van der Waals surface area contributed by atoms with Crippen molar-refractivity contribution in [3.63, 3.8) is 0 Å². The number of rotatable bonds is 6. The first kappa shape index (κ1) is 17.3. The lowest BCUT2D eigenvalue weighted by Crippen LogP contribution is -2.10. The molecule has 3 aromatic rings. The molecule has 0 radical (unpaired) electrons. The number of furan rings is 1. The Balaban J connectivity index is 1.63. The van der Waals surface area contributed by atoms with Crippen LogP contribution in [0.5, 0.6) is 5.75 Å². The summed E-state index contributed by atoms with van der Waals surface area (Å²) in [7, 11) is 0. The van der Waals surface area contributed by atoms with E-state index in [-0.39, 0.29) is 12.8 Å². The van der Waals surface area contributed by atoms with Crippen molar-refractivity contribution >= 4 is 11.7 Å². The van der Waals surface area contributed by atoms with Gasteiger partial charge in [-0.05, 0) is 18.2 Å². The maximum Gasteiger partial charge on any atom is 0.311 e. The second-order valence-corrected chi connectivity index (χ2v) is 5.48. The first-order valence-electron chi connectivity index (χ1n) is 7.81. The monoisotopic (exact) mass is 355 g/mol. The number of ether oxygens (including phenoxy) is 1. The molecular formula is C19H14FNO5. The van der Waals surface area contributed by atoms with Crippen LogP contribution >= 0.6 is 0 Å². The molecular weight excluding hydrogens is 341 g/mol. The second kappa shape index (κ2) is 7.60. The van der Waals surface area contributed by atoms with Crippen LogP contribution in [0.4, 0.5) is 10.1 Å². The number of nitro groups is 1. The highest BCUT2D eigenvalue weighted by Crippen LogP contribution is 2.28. The Morgan fingerprint density at radius 2 is 1.88 bits per heavy atom. The average Bonchev–Trinajstić information content (AvgIpc) is 3.09. The molecule has 0 spiro atoms. The zero-order valence-corrected chi connectivity index (χ0v) is 13.6. The molecule has 1 aromatic heterocycles. The zero-order chi connectivity index (χ0) is 18.5. The Labute approximate surface area is 148 Å². The summed E-state index contributed by atoms with van der Waals surface area (Å²) in [6.45, 7) is 0. The summed E-state index contributed by atoms with van der Waals surface area (Å²) in [6, 6.07) is 15.7. The highest BCUT2D eigenvalue weighted by atomic mass is 19.1. The molecule has 0 aliphatic carbocycles. The Morgan fingerprint density at radius 3 is 2.62 bits per heavy atom. The van der Waals surface area contributed by atoms with E-state index >= 15 is 0 Å². The predicted molar refractivity (Wildman–Crippen MR) is 91.2 cm³/mol. The van der Waals surface area contributed by atoms with E-state index in [1.165, 1.54) is 0 Å². The van der Waals surface area contributed by atoms with Crippen LogP contribution < -0.4 is 4.74 Å². The summed E-state index contributed by atoms with van der Waals surface area (Å²) in [6.07, 6.45) is 0.199. The smallest absolute Gasteiger partial charge is 0.311 e. The fourth-order valence-corrected chi connectivity index (χ4v) is 2.39. The number of carbonyl (C=O) groups is 1. The Morgan fingerprint density at radius 1 is 1.12 bits per heavy atom. The third kappa shape index (κ3) is 4.13. The van der Waals surface area contributed by atoms with Crippen molar-refractivity contribution in [1.82, 2.24) is 0 Å². The van der Waals surface area contributed by atoms with Gasteiger partial charge in [0.05, 0.1) is 11.3 Å². The van der Waals surface area contributed by atoms with Crippen molar-refractivity contribution in [2.75, 3.05) is 0 Å². The highest BCUT2D eigenvalue weighted by molar-refractivity contribution is 5.74. The Hall–Kier alpha value is -3.48. The lowest BCUT2D eigenvalue weighted by Gasteiger charge is -2.04. The molecule has 0 fully saturated rings. The van der Waals surface area contributed by atoms with Gasteiger partial charge in [-0.1, -0.05) is 30.3 Å². The van der Waals surface area contributed by atoms with Gasteiger partial charge in [0.2, 0.25) is 5.75 Å². The third-order valence-corrected chi connectivity index (χ3v) is 3.64. The molecule has 0 bridgehead atoms. The Kier molecular flexibility index (Phi) is 5.07. The van der Waals surface area contributed by atoms with E-state index in [4.69, 9.17) is 9.15 Å². The number of carbonyl (C=O) groups excluding carboxylic acids is 1. The summed E-state index contributed by atoms with van der Waals surface area (Å²) < 4.78 is 23.9. The molecule has 0 saturated heterocycles. The highest BCUT2D eigenvalue weighted by Gasteiger charge is 2.19. The van der Waals surface area contributed by atoms with Crippen molar-refractivity contribution < 1.29 is 23.3 Å². The maximum absolute atomic E-state index is 13.2. The van der Waals surface area contributed by atoms with E-state index in [1.54, 1.807) is 12.1 Å². The molecule has 6 nitrogen and oxygen atoms in total. The third-order valence-electron chi connectivity index (χ3n) is 3.64. The van der Waals surface area contributed by atoms with Crippen LogP contribution in [-0.4, -0.2) is 10.9 Å². The minimum absolute atomic E-state index is 0.0601. The number of aryl methyl sites for hydroxylation is 1. The van der Waals surface area contributed by atoms with Crippen LogP contribution in [0.15, 0.2) is 65.1 Å². The van der Waals surface area contributed by atoms with E-state index in [0.717, 1.165) is 23.8 Å². The minimum Gasteiger partial charge on any atom is -0.461 e. The summed E-state index contributed by atoms with van der Waals surface area (Å²) in [5.74, 6) is -0.595. The molecule has 0 unspecified atom stereocenters. The van der Waals surface area contributed by atoms with Crippen LogP contribution in [0.2, 0.25) is 0 Å². The lowest BCUT2D eigenvalue weighted by molar-refractivity contribution is -0.385. The van der Waals surface area contributed by atoms with Crippen molar-refractivity contribution in [1.29, 1.82) is 0 Å². The van der Waals surface area contributed by atoms with Crippen LogP contribution in [-0.2, 0) is 11.2 Å². The number of nitro benzene ring substituents is 1. The summed E-state index contributed by atoms with van der Waals surface area (Å²) >= 11 is 0. The summed E-state index contributed by atoms with van der Waals surface area (Å²) in [4.78, 5) is 22.1. The molecule has 0 atom stereocenters. The van der Waals surface area contributed by atoms with Gasteiger partial charge in [0, 0.05) is 24.1 Å². The number of halogens is 1. The SMILES string of the molecule is O=C(CCc1ccc(-c2ccccc2)o1)Oc1cc(F)ccc1[N+](=O)[O-]. The van der Waals surface area contributed by atoms with Gasteiger partial charge in [-0.3, -0.25) is 14.9 Å². The van der Waals surface area contributed by atoms with Crippen LogP contribution in [0.25, 0.3) is 11.3 Å². The summed E-state index contributed by atoms with van der Waals surface area (Å²) in [5.41, 5.74) is 0.445. The maximum atomic E-state index is 13.2. The van der Waals surface area contributed by atoms with Crippen molar-refractivity contribution in [3.05, 3.63) is 82.4 Å². The first-order valence-corrected chi connectivity index (χ1v) is 7.81. The zero-order valence-electron chi connectivity index (χ0n) is 13.6. The quantitative estimate of drug-likeness (QED) is 0.281. The van der Waals surface area contributed by atoms with Crippen molar-refractivity contribution in [2.24, 2.45) is 0 Å². The minimum atomic E-state index is -0.735. The van der Waals surface area contributed by atoms with Crippen LogP contribution in [0, 0.1) is 15.9 Å². The number of esters is 1. The molecule has 0 N–H and O–H groups in total. The van der Waals surface area contributed by atoms with Gasteiger partial charge < -0.3 is 9.15 Å². The molecule has 1 heterocycles. The molecule has 0 aliphatic rings. The van der Waals surface area contributed by atoms with Crippen molar-refractivity contribution in [2.45, 2.75) is 12.8 Å². The summed E-state index contributed by atoms with van der Waals surface area (Å²) in [5, 5.41) is 10.9. The topological polar surface area (TPSA) is 82.6 Å². The molecule has 7 heteroatoms. The van der Waals surface area contributed by atoms with Gasteiger partial charge in [-0.2, -0.15) is 0 Å². The standard InChI is InChI=1S/C19H14FNO5/c20-14-6-9-16(21(23)24)18(12-14)26-19(22)11-8-15-7-10-17(25-15)13-4-2-1-3-5-13/h1-7,9-10,12H,8,11H2. The lowest BCUT2D eigenvalue weighted by atomic mass is 10.2. The van der Waals surface area contributed by atoms with Gasteiger partial charge in [0.1, 0.15) is 17.3 Å². The second-order valence-electron chi connectivity index (χ2n) is 5.48. The average molecular weight is 355 g/mol. The molecule has 132 valence electrons. The predicted octanol–water partition coefficient (Wildman–Crippen LogP) is 4.53. The van der Waals surface area contributed by atoms with Crippen LogP contribution in [0.1, 0.15) is 12.2 Å². The molecule has 0 saturated carbocycles. The van der Waals surface area contributed by atoms with Gasteiger partial charge in [0.25, 0.3) is 0 Å². The van der Waals surface area contributed by atoms with E-state index in [9.17, 15) is 19.3 Å². The van der Waals surface area contributed by atoms with Gasteiger partial charge >= 0.3 is 11.7 Å². The van der Waals surface area contributed by atoms with Crippen molar-refractivity contribution in [3.8, 4) is 17.1 Å². The molecule has 26 heavy (non-hydrogen) atoms. The van der Waals surface area contributed by atoms with E-state index in [1.807, 2.05) is 30.3 Å². The van der Waals surface area contributed by atoms with Gasteiger partial charge in [-0.15, -0.1) is 0 Å². The normalized spacial score (nSPS) is 10.5. The Bertz CT molecular complexity index is 936. The fraction of sp³-hybridized carbons (Fsp3) is 0.105. The first-order chi connectivity index (χ1) is 12.5. The molecule has 2 aromatic carbocycles. The van der Waals surface area contributed by atoms with Gasteiger partial charge in [0.15, 0.2) is 0 Å². The number of nitrogens with zero attached hydrogens (tertiary/aromatic N) is 1. The number of hydrogen-bond acceptors (Lipinski definition) is 5. The molecule has 0 amide bonds. The fourth-order valence-electron chi connectivity index (χ4n) is 2.39.